The number of primary amides is 1. The maximum atomic E-state index is 11.2. The number of benzene rings is 1. The number of H-pyrrole nitrogens is 1. The van der Waals surface area contributed by atoms with Crippen molar-refractivity contribution in [1.29, 1.82) is 0 Å². The molecular weight excluding hydrogens is 322 g/mol. The van der Waals surface area contributed by atoms with Crippen LogP contribution in [-0.4, -0.2) is 28.2 Å². The van der Waals surface area contributed by atoms with Crippen molar-refractivity contribution in [2.75, 3.05) is 12.8 Å². The van der Waals surface area contributed by atoms with Crippen molar-refractivity contribution in [3.63, 3.8) is 0 Å². The number of nitrogens with two attached hydrogens (primary N) is 2. The molecule has 0 unspecified atom stereocenters. The summed E-state index contributed by atoms with van der Waals surface area (Å²) in [5.41, 5.74) is 14.3. The molecule has 0 fully saturated rings. The van der Waals surface area contributed by atoms with Crippen LogP contribution in [0.2, 0.25) is 0 Å². The van der Waals surface area contributed by atoms with Gasteiger partial charge >= 0.3 is 6.09 Å². The van der Waals surface area contributed by atoms with Gasteiger partial charge in [0.05, 0.1) is 24.2 Å². The lowest BCUT2D eigenvalue weighted by Gasteiger charge is -2.08. The number of nitrogens with one attached hydrogen (secondary N) is 1. The second-order valence-corrected chi connectivity index (χ2v) is 5.33. The van der Waals surface area contributed by atoms with Crippen LogP contribution in [0.15, 0.2) is 36.5 Å². The van der Waals surface area contributed by atoms with Crippen molar-refractivity contribution in [1.82, 2.24) is 15.0 Å². The number of carbonyl (C=O) groups is 1. The van der Waals surface area contributed by atoms with Crippen molar-refractivity contribution in [2.45, 2.75) is 6.92 Å². The third-order valence-corrected chi connectivity index (χ3v) is 3.63. The normalized spacial score (nSPS) is 10.5. The molecule has 1 amide bonds. The van der Waals surface area contributed by atoms with Crippen molar-refractivity contribution in [2.24, 2.45) is 5.73 Å². The van der Waals surface area contributed by atoms with Crippen LogP contribution in [0.3, 0.4) is 0 Å². The van der Waals surface area contributed by atoms with E-state index in [1.165, 1.54) is 0 Å². The zero-order valence-corrected chi connectivity index (χ0v) is 13.7. The second-order valence-electron chi connectivity index (χ2n) is 5.33. The molecule has 2 heterocycles. The SMILES string of the molecule is COc1ccc(-c2[nH]c(-c3ccnc(N)n3)cc2OC(N)=O)cc1C. The molecule has 5 N–H and O–H groups in total. The Kier molecular flexibility index (Phi) is 4.25. The summed E-state index contributed by atoms with van der Waals surface area (Å²) in [5, 5.41) is 0. The summed E-state index contributed by atoms with van der Waals surface area (Å²) in [4.78, 5) is 22.5. The van der Waals surface area contributed by atoms with Crippen LogP contribution in [0.5, 0.6) is 11.5 Å². The predicted octanol–water partition coefficient (Wildman–Crippen LogP) is 2.50. The maximum Gasteiger partial charge on any atom is 0.410 e. The molecule has 2 aromatic heterocycles. The van der Waals surface area contributed by atoms with Crippen molar-refractivity contribution < 1.29 is 14.3 Å². The van der Waals surface area contributed by atoms with E-state index in [0.29, 0.717) is 22.8 Å². The molecule has 0 saturated heterocycles. The van der Waals surface area contributed by atoms with Crippen LogP contribution in [0, 0.1) is 6.92 Å². The van der Waals surface area contributed by atoms with Gasteiger partial charge in [-0.15, -0.1) is 0 Å². The van der Waals surface area contributed by atoms with Gasteiger partial charge in [-0.05, 0) is 36.8 Å². The lowest BCUT2D eigenvalue weighted by atomic mass is 10.1. The summed E-state index contributed by atoms with van der Waals surface area (Å²) in [6.45, 7) is 1.92. The number of hydrogen-bond donors (Lipinski definition) is 3. The smallest absolute Gasteiger partial charge is 0.410 e. The Morgan fingerprint density at radius 3 is 2.64 bits per heavy atom. The monoisotopic (exact) mass is 339 g/mol. The highest BCUT2D eigenvalue weighted by Crippen LogP contribution is 2.35. The minimum atomic E-state index is -0.903. The summed E-state index contributed by atoms with van der Waals surface area (Å²) in [6, 6.07) is 8.93. The average Bonchev–Trinajstić information content (AvgIpc) is 2.98. The number of nitrogen functional groups attached to an aromatic ring is 1. The Morgan fingerprint density at radius 1 is 1.20 bits per heavy atom. The molecule has 8 nitrogen and oxygen atoms in total. The number of anilines is 1. The van der Waals surface area contributed by atoms with Crippen LogP contribution in [0.1, 0.15) is 5.56 Å². The van der Waals surface area contributed by atoms with Crippen molar-refractivity contribution in [3.05, 3.63) is 42.1 Å². The fraction of sp³-hybridized carbons (Fsp3) is 0.118. The van der Waals surface area contributed by atoms with Crippen molar-refractivity contribution in [3.8, 4) is 34.1 Å². The molecule has 3 aromatic rings. The van der Waals surface area contributed by atoms with Gasteiger partial charge in [-0.3, -0.25) is 0 Å². The van der Waals surface area contributed by atoms with E-state index < -0.39 is 6.09 Å². The van der Waals surface area contributed by atoms with Gasteiger partial charge in [-0.2, -0.15) is 0 Å². The van der Waals surface area contributed by atoms with Crippen molar-refractivity contribution >= 4 is 12.0 Å². The zero-order valence-electron chi connectivity index (χ0n) is 13.7. The maximum absolute atomic E-state index is 11.2. The number of amides is 1. The minimum Gasteiger partial charge on any atom is -0.496 e. The first-order valence-corrected chi connectivity index (χ1v) is 7.42. The van der Waals surface area contributed by atoms with Gasteiger partial charge in [0, 0.05) is 17.8 Å². The molecule has 0 aliphatic carbocycles. The standard InChI is InChI=1S/C17H17N5O3/c1-9-7-10(3-4-13(9)24-2)15-14(25-17(19)23)8-12(21-15)11-5-6-20-16(18)22-11/h3-8,21H,1-2H3,(H2,19,23)(H2,18,20,22). The summed E-state index contributed by atoms with van der Waals surface area (Å²) < 4.78 is 10.4. The highest BCUT2D eigenvalue weighted by Gasteiger charge is 2.16. The highest BCUT2D eigenvalue weighted by molar-refractivity contribution is 5.78. The molecule has 3 rings (SSSR count). The number of aromatic amines is 1. The first-order chi connectivity index (χ1) is 12.0. The summed E-state index contributed by atoms with van der Waals surface area (Å²) >= 11 is 0. The number of nitrogens with zero attached hydrogens (tertiary/aromatic N) is 2. The molecule has 0 aliphatic heterocycles. The lowest BCUT2D eigenvalue weighted by molar-refractivity contribution is 0.211. The van der Waals surface area contributed by atoms with E-state index in [9.17, 15) is 4.79 Å². The molecule has 0 radical (unpaired) electrons. The highest BCUT2D eigenvalue weighted by atomic mass is 16.5. The topological polar surface area (TPSA) is 129 Å². The molecule has 8 heteroatoms. The molecule has 0 spiro atoms. The molecular formula is C17H17N5O3. The van der Waals surface area contributed by atoms with Crippen LogP contribution < -0.4 is 20.9 Å². The van der Waals surface area contributed by atoms with Gasteiger partial charge in [0.1, 0.15) is 5.75 Å². The second kappa shape index (κ2) is 6.52. The lowest BCUT2D eigenvalue weighted by Crippen LogP contribution is -2.16. The van der Waals surface area contributed by atoms with Crippen LogP contribution >= 0.6 is 0 Å². The number of rotatable bonds is 4. The van der Waals surface area contributed by atoms with Gasteiger partial charge in [-0.25, -0.2) is 14.8 Å². The molecule has 0 bridgehead atoms. The van der Waals surface area contributed by atoms with Gasteiger partial charge in [0.15, 0.2) is 5.75 Å². The number of methoxy groups -OCH3 is 1. The molecule has 0 saturated carbocycles. The number of hydrogen-bond acceptors (Lipinski definition) is 6. The fourth-order valence-corrected chi connectivity index (χ4v) is 2.53. The average molecular weight is 339 g/mol. The Morgan fingerprint density at radius 2 is 2.00 bits per heavy atom. The summed E-state index contributed by atoms with van der Waals surface area (Å²) in [7, 11) is 1.61. The molecule has 128 valence electrons. The van der Waals surface area contributed by atoms with Gasteiger partial charge < -0.3 is 25.9 Å². The zero-order chi connectivity index (χ0) is 18.0. The molecule has 0 atom stereocenters. The largest absolute Gasteiger partial charge is 0.496 e. The number of aromatic nitrogens is 3. The first kappa shape index (κ1) is 16.3. The Balaban J connectivity index is 2.11. The molecule has 25 heavy (non-hydrogen) atoms. The third kappa shape index (κ3) is 3.37. The van der Waals surface area contributed by atoms with Crippen LogP contribution in [0.25, 0.3) is 22.6 Å². The fourth-order valence-electron chi connectivity index (χ4n) is 2.53. The van der Waals surface area contributed by atoms with E-state index in [1.807, 2.05) is 25.1 Å². The van der Waals surface area contributed by atoms with E-state index in [0.717, 1.165) is 16.9 Å². The molecule has 0 aliphatic rings. The minimum absolute atomic E-state index is 0.145. The number of aryl methyl sites for hydroxylation is 1. The van der Waals surface area contributed by atoms with Crippen LogP contribution in [0.4, 0.5) is 10.7 Å². The van der Waals surface area contributed by atoms with E-state index in [-0.39, 0.29) is 5.95 Å². The van der Waals surface area contributed by atoms with E-state index in [1.54, 1.807) is 25.4 Å². The van der Waals surface area contributed by atoms with E-state index in [2.05, 4.69) is 15.0 Å². The number of carbonyl (C=O) groups excluding carboxylic acids is 1. The van der Waals surface area contributed by atoms with Gasteiger partial charge in [0.25, 0.3) is 0 Å². The van der Waals surface area contributed by atoms with E-state index >= 15 is 0 Å². The predicted molar refractivity (Wildman–Crippen MR) is 93.2 cm³/mol. The molecule has 1 aromatic carbocycles. The summed E-state index contributed by atoms with van der Waals surface area (Å²) in [6.07, 6.45) is 0.642. The number of ether oxygens (including phenoxy) is 2. The van der Waals surface area contributed by atoms with Gasteiger partial charge in [-0.1, -0.05) is 0 Å². The summed E-state index contributed by atoms with van der Waals surface area (Å²) in [5.74, 6) is 1.20. The quantitative estimate of drug-likeness (QED) is 0.669. The third-order valence-electron chi connectivity index (χ3n) is 3.63. The Labute approximate surface area is 143 Å². The Hall–Kier alpha value is -3.55. The van der Waals surface area contributed by atoms with Crippen LogP contribution in [-0.2, 0) is 0 Å². The first-order valence-electron chi connectivity index (χ1n) is 7.42. The Bertz CT molecular complexity index is 936. The van der Waals surface area contributed by atoms with E-state index in [4.69, 9.17) is 20.9 Å². The van der Waals surface area contributed by atoms with Gasteiger partial charge in [0.2, 0.25) is 5.95 Å².